The molecule has 4 rings (SSSR count). The Morgan fingerprint density at radius 1 is 0.938 bits per heavy atom. The van der Waals surface area contributed by atoms with E-state index >= 15 is 0 Å². The number of aryl methyl sites for hydroxylation is 1. The molecule has 0 spiro atoms. The van der Waals surface area contributed by atoms with Crippen molar-refractivity contribution in [2.45, 2.75) is 25.7 Å². The molecule has 0 aliphatic rings. The second-order valence-corrected chi connectivity index (χ2v) is 8.75. The lowest BCUT2D eigenvalue weighted by Crippen LogP contribution is -2.14. The van der Waals surface area contributed by atoms with Crippen molar-refractivity contribution in [2.75, 3.05) is 4.72 Å². The lowest BCUT2D eigenvalue weighted by Gasteiger charge is -2.10. The minimum Gasteiger partial charge on any atom is -0.438 e. The van der Waals surface area contributed by atoms with Gasteiger partial charge in [0.1, 0.15) is 16.5 Å². The van der Waals surface area contributed by atoms with E-state index in [9.17, 15) is 12.8 Å². The molecular weight excluding hydrogens is 433 g/mol. The van der Waals surface area contributed by atoms with E-state index in [0.717, 1.165) is 23.0 Å². The summed E-state index contributed by atoms with van der Waals surface area (Å²) in [5.74, 6) is 0.455. The highest BCUT2D eigenvalue weighted by molar-refractivity contribution is 7.92. The maximum atomic E-state index is 13.8. The van der Waals surface area contributed by atoms with Crippen LogP contribution in [0.15, 0.2) is 65.6 Å². The highest BCUT2D eigenvalue weighted by atomic mass is 32.2. The van der Waals surface area contributed by atoms with Gasteiger partial charge in [-0.25, -0.2) is 17.5 Å². The maximum Gasteiger partial charge on any atom is 0.264 e. The fourth-order valence-electron chi connectivity index (χ4n) is 3.01. The largest absolute Gasteiger partial charge is 0.438 e. The molecule has 2 aromatic carbocycles. The molecule has 0 amide bonds. The van der Waals surface area contributed by atoms with Gasteiger partial charge in [-0.15, -0.1) is 10.2 Å². The Morgan fingerprint density at radius 3 is 2.25 bits per heavy atom. The van der Waals surface area contributed by atoms with Gasteiger partial charge in [0.15, 0.2) is 5.82 Å². The van der Waals surface area contributed by atoms with Crippen LogP contribution in [0.2, 0.25) is 0 Å². The summed E-state index contributed by atoms with van der Waals surface area (Å²) in [5.41, 5.74) is 3.27. The van der Waals surface area contributed by atoms with Gasteiger partial charge in [-0.1, -0.05) is 12.1 Å². The van der Waals surface area contributed by atoms with E-state index in [0.29, 0.717) is 11.6 Å². The van der Waals surface area contributed by atoms with Gasteiger partial charge in [0.25, 0.3) is 10.0 Å². The van der Waals surface area contributed by atoms with Crippen molar-refractivity contribution >= 4 is 15.7 Å². The molecule has 2 aromatic heterocycles. The van der Waals surface area contributed by atoms with Gasteiger partial charge in [0, 0.05) is 17.4 Å². The number of nitrogens with zero attached hydrogens (tertiary/aromatic N) is 4. The van der Waals surface area contributed by atoms with Gasteiger partial charge in [-0.2, -0.15) is 5.10 Å². The van der Waals surface area contributed by atoms with Crippen LogP contribution in [0.5, 0.6) is 11.6 Å². The molecule has 32 heavy (non-hydrogen) atoms. The predicted molar refractivity (Wildman–Crippen MR) is 117 cm³/mol. The Kier molecular flexibility index (Phi) is 5.62. The van der Waals surface area contributed by atoms with Crippen molar-refractivity contribution in [1.29, 1.82) is 0 Å². The van der Waals surface area contributed by atoms with Crippen molar-refractivity contribution < 1.29 is 17.5 Å². The van der Waals surface area contributed by atoms with Crippen molar-refractivity contribution in [3.63, 3.8) is 0 Å². The summed E-state index contributed by atoms with van der Waals surface area (Å²) in [6, 6.07) is 14.7. The third-order valence-electron chi connectivity index (χ3n) is 4.95. The number of anilines is 1. The summed E-state index contributed by atoms with van der Waals surface area (Å²) < 4.78 is 48.3. The average Bonchev–Trinajstić information content (AvgIpc) is 3.03. The third-order valence-corrected chi connectivity index (χ3v) is 6.37. The molecule has 0 saturated heterocycles. The summed E-state index contributed by atoms with van der Waals surface area (Å²) in [6.45, 7) is 5.90. The number of aromatic nitrogens is 4. The van der Waals surface area contributed by atoms with Crippen LogP contribution in [0, 0.1) is 26.6 Å². The van der Waals surface area contributed by atoms with Gasteiger partial charge >= 0.3 is 0 Å². The Hall–Kier alpha value is -3.79. The second-order valence-electron chi connectivity index (χ2n) is 7.10. The molecule has 0 aliphatic carbocycles. The molecule has 0 fully saturated rings. The number of nitrogens with one attached hydrogen (secondary N) is 1. The molecule has 0 unspecified atom stereocenters. The van der Waals surface area contributed by atoms with Crippen LogP contribution in [0.4, 0.5) is 10.1 Å². The summed E-state index contributed by atoms with van der Waals surface area (Å²) >= 11 is 0. The highest BCUT2D eigenvalue weighted by Crippen LogP contribution is 2.24. The number of sulfonamides is 1. The first-order valence-corrected chi connectivity index (χ1v) is 11.1. The Bertz CT molecular complexity index is 1370. The second kappa shape index (κ2) is 8.39. The summed E-state index contributed by atoms with van der Waals surface area (Å²) in [4.78, 5) is -0.423. The number of halogens is 1. The number of hydrogen-bond acceptors (Lipinski definition) is 6. The zero-order valence-electron chi connectivity index (χ0n) is 17.6. The Morgan fingerprint density at radius 2 is 1.66 bits per heavy atom. The molecule has 0 aliphatic heterocycles. The number of benzene rings is 2. The number of hydrogen-bond donors (Lipinski definition) is 1. The first-order valence-electron chi connectivity index (χ1n) is 9.67. The fraction of sp³-hybridized carbons (Fsp3) is 0.136. The molecular formula is C22H20FN5O3S. The van der Waals surface area contributed by atoms with E-state index in [2.05, 4.69) is 20.0 Å². The van der Waals surface area contributed by atoms with Crippen LogP contribution in [0.1, 0.15) is 17.0 Å². The molecule has 2 heterocycles. The van der Waals surface area contributed by atoms with Crippen molar-refractivity contribution in [2.24, 2.45) is 0 Å². The molecule has 0 saturated carbocycles. The monoisotopic (exact) mass is 453 g/mol. The lowest BCUT2D eigenvalue weighted by molar-refractivity contribution is 0.454. The van der Waals surface area contributed by atoms with Crippen LogP contribution in [-0.4, -0.2) is 28.4 Å². The molecule has 8 nitrogen and oxygen atoms in total. The third kappa shape index (κ3) is 4.30. The molecule has 0 bridgehead atoms. The van der Waals surface area contributed by atoms with Crippen LogP contribution in [0.25, 0.3) is 5.82 Å². The van der Waals surface area contributed by atoms with Crippen LogP contribution < -0.4 is 9.46 Å². The zero-order valence-corrected chi connectivity index (χ0v) is 18.4. The van der Waals surface area contributed by atoms with E-state index in [-0.39, 0.29) is 11.6 Å². The fourth-order valence-corrected chi connectivity index (χ4v) is 4.15. The minimum absolute atomic E-state index is 0.266. The topological polar surface area (TPSA) is 99.0 Å². The van der Waals surface area contributed by atoms with Gasteiger partial charge in [0.05, 0.1) is 5.69 Å². The maximum absolute atomic E-state index is 13.8. The predicted octanol–water partition coefficient (Wildman–Crippen LogP) is 4.32. The van der Waals surface area contributed by atoms with Gasteiger partial charge in [-0.3, -0.25) is 4.72 Å². The van der Waals surface area contributed by atoms with Crippen LogP contribution >= 0.6 is 0 Å². The van der Waals surface area contributed by atoms with E-state index in [1.807, 2.05) is 20.8 Å². The lowest BCUT2D eigenvalue weighted by atomic mass is 10.2. The molecule has 4 aromatic rings. The summed E-state index contributed by atoms with van der Waals surface area (Å²) in [7, 11) is -4.05. The first-order chi connectivity index (χ1) is 15.2. The minimum atomic E-state index is -4.05. The van der Waals surface area contributed by atoms with Crippen molar-refractivity contribution in [1.82, 2.24) is 20.0 Å². The standard InChI is InChI=1S/C22H20FN5O3S/c1-14-15(2)26-28(16(14)3)21-12-13-22(25-24-21)31-18-10-8-17(9-11-18)27-32(29,30)20-7-5-4-6-19(20)23/h4-13,27H,1-3H3. The van der Waals surface area contributed by atoms with Crippen LogP contribution in [-0.2, 0) is 10.0 Å². The molecule has 10 heteroatoms. The number of ether oxygens (including phenoxy) is 1. The first kappa shape index (κ1) is 21.4. The van der Waals surface area contributed by atoms with E-state index in [1.165, 1.54) is 30.3 Å². The average molecular weight is 453 g/mol. The highest BCUT2D eigenvalue weighted by Gasteiger charge is 2.18. The molecule has 164 valence electrons. The quantitative estimate of drug-likeness (QED) is 0.467. The van der Waals surface area contributed by atoms with E-state index in [4.69, 9.17) is 4.74 Å². The number of rotatable bonds is 6. The Balaban J connectivity index is 1.46. The summed E-state index contributed by atoms with van der Waals surface area (Å²) in [5, 5.41) is 12.7. The van der Waals surface area contributed by atoms with E-state index in [1.54, 1.807) is 28.9 Å². The normalized spacial score (nSPS) is 11.4. The zero-order chi connectivity index (χ0) is 22.9. The molecule has 0 radical (unpaired) electrons. The van der Waals surface area contributed by atoms with Crippen molar-refractivity contribution in [3.05, 3.63) is 83.4 Å². The van der Waals surface area contributed by atoms with Crippen molar-refractivity contribution in [3.8, 4) is 17.4 Å². The smallest absolute Gasteiger partial charge is 0.264 e. The molecule has 1 N–H and O–H groups in total. The SMILES string of the molecule is Cc1nn(-c2ccc(Oc3ccc(NS(=O)(=O)c4ccccc4F)cc3)nn2)c(C)c1C. The Labute approximate surface area is 184 Å². The van der Waals surface area contributed by atoms with Gasteiger partial charge in [-0.05, 0) is 68.8 Å². The van der Waals surface area contributed by atoms with E-state index < -0.39 is 20.7 Å². The summed E-state index contributed by atoms with van der Waals surface area (Å²) in [6.07, 6.45) is 0. The molecule has 0 atom stereocenters. The van der Waals surface area contributed by atoms with Crippen LogP contribution in [0.3, 0.4) is 0 Å². The van der Waals surface area contributed by atoms with Gasteiger partial charge < -0.3 is 4.74 Å². The van der Waals surface area contributed by atoms with Gasteiger partial charge in [0.2, 0.25) is 5.88 Å².